The zero-order valence-corrected chi connectivity index (χ0v) is 16.8. The smallest absolute Gasteiger partial charge is 0.337 e. The van der Waals surface area contributed by atoms with Gasteiger partial charge in [-0.25, -0.2) is 14.2 Å². The van der Waals surface area contributed by atoms with Gasteiger partial charge in [0, 0.05) is 16.7 Å². The third kappa shape index (κ3) is 4.61. The van der Waals surface area contributed by atoms with Gasteiger partial charge in [0.1, 0.15) is 5.82 Å². The number of hydrazine groups is 1. The van der Waals surface area contributed by atoms with E-state index >= 15 is 0 Å². The van der Waals surface area contributed by atoms with Crippen molar-refractivity contribution in [3.05, 3.63) is 45.3 Å². The first kappa shape index (κ1) is 19.9. The SMILES string of the molecule is CCCN1NC(C(C)C)=C(C(=O)OCC)C1Cc1ccc(Br)cc1F. The number of hydrogen-bond acceptors (Lipinski definition) is 4. The van der Waals surface area contributed by atoms with E-state index in [1.807, 2.05) is 24.9 Å². The Morgan fingerprint density at radius 1 is 1.40 bits per heavy atom. The molecule has 1 aliphatic heterocycles. The molecule has 6 heteroatoms. The second-order valence-corrected chi connectivity index (χ2v) is 7.38. The number of ether oxygens (including phenoxy) is 1. The van der Waals surface area contributed by atoms with Crippen LogP contribution in [0.3, 0.4) is 0 Å². The van der Waals surface area contributed by atoms with Crippen molar-refractivity contribution in [3.63, 3.8) is 0 Å². The highest BCUT2D eigenvalue weighted by molar-refractivity contribution is 9.10. The van der Waals surface area contributed by atoms with Crippen molar-refractivity contribution in [1.82, 2.24) is 10.4 Å². The number of esters is 1. The number of allylic oxidation sites excluding steroid dienone is 1. The molecule has 1 N–H and O–H groups in total. The average Bonchev–Trinajstić information content (AvgIpc) is 2.89. The van der Waals surface area contributed by atoms with Crippen molar-refractivity contribution < 1.29 is 13.9 Å². The minimum atomic E-state index is -0.320. The van der Waals surface area contributed by atoms with E-state index in [0.29, 0.717) is 28.6 Å². The molecular weight excluding hydrogens is 387 g/mol. The lowest BCUT2D eigenvalue weighted by Crippen LogP contribution is -2.42. The highest BCUT2D eigenvalue weighted by Gasteiger charge is 2.38. The molecule has 25 heavy (non-hydrogen) atoms. The quantitative estimate of drug-likeness (QED) is 0.681. The third-order valence-corrected chi connectivity index (χ3v) is 4.72. The van der Waals surface area contributed by atoms with Gasteiger partial charge in [0.15, 0.2) is 0 Å². The normalized spacial score (nSPS) is 18.0. The number of rotatable bonds is 7. The third-order valence-electron chi connectivity index (χ3n) is 4.23. The lowest BCUT2D eigenvalue weighted by Gasteiger charge is -2.26. The summed E-state index contributed by atoms with van der Waals surface area (Å²) in [6, 6.07) is 4.80. The minimum absolute atomic E-state index is 0.151. The molecule has 1 heterocycles. The van der Waals surface area contributed by atoms with Crippen LogP contribution in [0.25, 0.3) is 0 Å². The average molecular weight is 413 g/mol. The molecule has 2 rings (SSSR count). The number of carbonyl (C=O) groups is 1. The van der Waals surface area contributed by atoms with Crippen LogP contribution in [0.4, 0.5) is 4.39 Å². The Morgan fingerprint density at radius 3 is 2.68 bits per heavy atom. The second kappa shape index (κ2) is 8.81. The van der Waals surface area contributed by atoms with Gasteiger partial charge in [-0.1, -0.05) is 42.8 Å². The monoisotopic (exact) mass is 412 g/mol. The van der Waals surface area contributed by atoms with Crippen LogP contribution in [0.5, 0.6) is 0 Å². The molecule has 0 bridgehead atoms. The summed E-state index contributed by atoms with van der Waals surface area (Å²) in [5.74, 6) is -0.439. The Bertz CT molecular complexity index is 661. The highest BCUT2D eigenvalue weighted by atomic mass is 79.9. The number of nitrogens with one attached hydrogen (secondary N) is 1. The summed E-state index contributed by atoms with van der Waals surface area (Å²) in [6.07, 6.45) is 1.34. The number of halogens is 2. The van der Waals surface area contributed by atoms with Crippen molar-refractivity contribution in [2.45, 2.75) is 46.6 Å². The molecule has 0 saturated carbocycles. The van der Waals surface area contributed by atoms with Gasteiger partial charge >= 0.3 is 5.97 Å². The fraction of sp³-hybridized carbons (Fsp3) is 0.526. The fourth-order valence-electron chi connectivity index (χ4n) is 3.08. The minimum Gasteiger partial charge on any atom is -0.463 e. The van der Waals surface area contributed by atoms with Crippen LogP contribution in [-0.4, -0.2) is 30.2 Å². The van der Waals surface area contributed by atoms with E-state index in [4.69, 9.17) is 4.74 Å². The molecule has 0 aliphatic carbocycles. The Balaban J connectivity index is 2.40. The molecule has 0 aromatic heterocycles. The second-order valence-electron chi connectivity index (χ2n) is 6.46. The Labute approximate surface area is 157 Å². The molecular formula is C19H26BrFN2O2. The summed E-state index contributed by atoms with van der Waals surface area (Å²) in [5.41, 5.74) is 5.44. The molecule has 138 valence electrons. The first-order chi connectivity index (χ1) is 11.9. The van der Waals surface area contributed by atoms with Gasteiger partial charge < -0.3 is 10.2 Å². The van der Waals surface area contributed by atoms with Crippen molar-refractivity contribution in [1.29, 1.82) is 0 Å². The van der Waals surface area contributed by atoms with E-state index in [9.17, 15) is 9.18 Å². The largest absolute Gasteiger partial charge is 0.463 e. The lowest BCUT2D eigenvalue weighted by atomic mass is 9.95. The molecule has 0 radical (unpaired) electrons. The van der Waals surface area contributed by atoms with E-state index in [1.54, 1.807) is 13.0 Å². The van der Waals surface area contributed by atoms with E-state index in [2.05, 4.69) is 28.3 Å². The van der Waals surface area contributed by atoms with Crippen LogP contribution in [0, 0.1) is 11.7 Å². The fourth-order valence-corrected chi connectivity index (χ4v) is 3.42. The van der Waals surface area contributed by atoms with Gasteiger partial charge in [0.05, 0.1) is 18.2 Å². The summed E-state index contributed by atoms with van der Waals surface area (Å²) in [6.45, 7) is 9.03. The van der Waals surface area contributed by atoms with Crippen LogP contribution in [0.1, 0.15) is 39.7 Å². The first-order valence-corrected chi connectivity index (χ1v) is 9.56. The molecule has 1 atom stereocenters. The molecule has 4 nitrogen and oxygen atoms in total. The zero-order chi connectivity index (χ0) is 18.6. The first-order valence-electron chi connectivity index (χ1n) is 8.77. The van der Waals surface area contributed by atoms with E-state index in [1.165, 1.54) is 6.07 Å². The van der Waals surface area contributed by atoms with Gasteiger partial charge in [-0.05, 0) is 43.4 Å². The van der Waals surface area contributed by atoms with Crippen molar-refractivity contribution >= 4 is 21.9 Å². The summed E-state index contributed by atoms with van der Waals surface area (Å²) < 4.78 is 20.3. The lowest BCUT2D eigenvalue weighted by molar-refractivity contribution is -0.139. The molecule has 1 aromatic rings. The maximum absolute atomic E-state index is 14.3. The van der Waals surface area contributed by atoms with Crippen molar-refractivity contribution in [2.24, 2.45) is 5.92 Å². The van der Waals surface area contributed by atoms with E-state index in [-0.39, 0.29) is 23.7 Å². The molecule has 0 spiro atoms. The molecule has 0 saturated heterocycles. The van der Waals surface area contributed by atoms with Gasteiger partial charge in [0.25, 0.3) is 0 Å². The van der Waals surface area contributed by atoms with Crippen LogP contribution in [0.15, 0.2) is 33.9 Å². The van der Waals surface area contributed by atoms with E-state index in [0.717, 1.165) is 18.7 Å². The van der Waals surface area contributed by atoms with Crippen molar-refractivity contribution in [2.75, 3.05) is 13.2 Å². The Kier molecular flexibility index (Phi) is 7.02. The predicted molar refractivity (Wildman–Crippen MR) is 100 cm³/mol. The summed E-state index contributed by atoms with van der Waals surface area (Å²) >= 11 is 3.28. The predicted octanol–water partition coefficient (Wildman–Crippen LogP) is 4.20. The Morgan fingerprint density at radius 2 is 2.12 bits per heavy atom. The molecule has 0 fully saturated rings. The van der Waals surface area contributed by atoms with Gasteiger partial charge in [-0.2, -0.15) is 0 Å². The number of carbonyl (C=O) groups excluding carboxylic acids is 1. The zero-order valence-electron chi connectivity index (χ0n) is 15.2. The maximum Gasteiger partial charge on any atom is 0.337 e. The molecule has 1 aliphatic rings. The van der Waals surface area contributed by atoms with Gasteiger partial charge in [-0.3, -0.25) is 0 Å². The summed E-state index contributed by atoms with van der Waals surface area (Å²) in [5, 5.41) is 2.03. The maximum atomic E-state index is 14.3. The number of hydrogen-bond donors (Lipinski definition) is 1. The Hall–Kier alpha value is -1.40. The highest BCUT2D eigenvalue weighted by Crippen LogP contribution is 2.30. The summed E-state index contributed by atoms with van der Waals surface area (Å²) in [7, 11) is 0. The van der Waals surface area contributed by atoms with Crippen LogP contribution < -0.4 is 5.43 Å². The van der Waals surface area contributed by atoms with Crippen LogP contribution in [0.2, 0.25) is 0 Å². The van der Waals surface area contributed by atoms with Crippen LogP contribution >= 0.6 is 15.9 Å². The van der Waals surface area contributed by atoms with Gasteiger partial charge in [0.2, 0.25) is 0 Å². The molecule has 1 aromatic carbocycles. The number of benzene rings is 1. The topological polar surface area (TPSA) is 41.6 Å². The van der Waals surface area contributed by atoms with Crippen molar-refractivity contribution in [3.8, 4) is 0 Å². The standard InChI is InChI=1S/C19H26BrFN2O2/c1-5-9-23-16(10-13-7-8-14(20)11-15(13)21)17(19(24)25-6-2)18(22-23)12(3)4/h7-8,11-12,16,22H,5-6,9-10H2,1-4H3. The van der Waals surface area contributed by atoms with Gasteiger partial charge in [-0.15, -0.1) is 0 Å². The number of nitrogens with zero attached hydrogens (tertiary/aromatic N) is 1. The molecule has 1 unspecified atom stereocenters. The van der Waals surface area contributed by atoms with E-state index < -0.39 is 0 Å². The summed E-state index contributed by atoms with van der Waals surface area (Å²) in [4.78, 5) is 12.6. The molecule has 0 amide bonds. The van der Waals surface area contributed by atoms with Crippen LogP contribution in [-0.2, 0) is 16.0 Å².